The van der Waals surface area contributed by atoms with E-state index >= 15 is 0 Å². The van der Waals surface area contributed by atoms with Crippen LogP contribution in [0, 0.1) is 16.7 Å². The number of aromatic amines is 1. The first-order chi connectivity index (χ1) is 14.1. The number of benzene rings is 2. The number of aromatic nitrogens is 2. The van der Waals surface area contributed by atoms with Gasteiger partial charge in [0.05, 0.1) is 22.6 Å². The molecule has 3 fully saturated rings. The zero-order chi connectivity index (χ0) is 20.0. The van der Waals surface area contributed by atoms with Gasteiger partial charge in [-0.05, 0) is 61.6 Å². The Morgan fingerprint density at radius 2 is 2.07 bits per heavy atom. The predicted octanol–water partition coefficient (Wildman–Crippen LogP) is 4.23. The molecule has 3 heterocycles. The number of carbonyl (C=O) groups is 1. The number of nitrogens with zero attached hydrogens (tertiary/aromatic N) is 2. The number of carbonyl (C=O) groups excluding carboxylic acids is 1. The Morgan fingerprint density at radius 3 is 2.79 bits per heavy atom. The van der Waals surface area contributed by atoms with Crippen LogP contribution in [0.2, 0.25) is 5.02 Å². The third-order valence-electron chi connectivity index (χ3n) is 6.35. The minimum Gasteiger partial charge on any atom is -0.313 e. The van der Waals surface area contributed by atoms with Crippen LogP contribution in [-0.4, -0.2) is 28.7 Å². The van der Waals surface area contributed by atoms with Crippen molar-refractivity contribution in [3.05, 3.63) is 47.0 Å². The fourth-order valence-corrected chi connectivity index (χ4v) is 4.76. The first-order valence-corrected chi connectivity index (χ1v) is 10.2. The van der Waals surface area contributed by atoms with Gasteiger partial charge >= 0.3 is 0 Å². The molecule has 2 bridgehead atoms. The highest BCUT2D eigenvalue weighted by Crippen LogP contribution is 2.41. The zero-order valence-corrected chi connectivity index (χ0v) is 16.5. The van der Waals surface area contributed by atoms with Crippen molar-refractivity contribution in [2.24, 2.45) is 5.41 Å². The molecule has 0 atom stereocenters. The van der Waals surface area contributed by atoms with Gasteiger partial charge in [0.15, 0.2) is 5.82 Å². The molecule has 0 radical (unpaired) electrons. The molecule has 1 aromatic heterocycles. The smallest absolute Gasteiger partial charge is 0.233 e. The van der Waals surface area contributed by atoms with Crippen LogP contribution in [-0.2, 0) is 4.79 Å². The number of anilines is 1. The van der Waals surface area contributed by atoms with Crippen molar-refractivity contribution in [1.29, 1.82) is 5.26 Å². The van der Waals surface area contributed by atoms with Crippen LogP contribution in [0.25, 0.3) is 22.0 Å². The summed E-state index contributed by atoms with van der Waals surface area (Å²) in [5.74, 6) is 0.563. The molecule has 0 spiro atoms. The van der Waals surface area contributed by atoms with E-state index in [0.717, 1.165) is 54.3 Å². The molecule has 3 aliphatic rings. The van der Waals surface area contributed by atoms with Gasteiger partial charge in [-0.15, -0.1) is 0 Å². The van der Waals surface area contributed by atoms with E-state index in [2.05, 4.69) is 26.9 Å². The van der Waals surface area contributed by atoms with Crippen LogP contribution in [0.5, 0.6) is 0 Å². The average molecular weight is 406 g/mol. The van der Waals surface area contributed by atoms with Crippen LogP contribution in [0.4, 0.5) is 5.82 Å². The summed E-state index contributed by atoms with van der Waals surface area (Å²) >= 11 is 6.37. The van der Waals surface area contributed by atoms with Crippen LogP contribution in [0.1, 0.15) is 31.2 Å². The maximum atomic E-state index is 13.1. The van der Waals surface area contributed by atoms with Gasteiger partial charge in [0.1, 0.15) is 0 Å². The van der Waals surface area contributed by atoms with Gasteiger partial charge in [0.2, 0.25) is 5.91 Å². The van der Waals surface area contributed by atoms with Crippen molar-refractivity contribution in [2.75, 3.05) is 11.9 Å². The number of rotatable bonds is 3. The third-order valence-corrected chi connectivity index (χ3v) is 6.68. The number of halogens is 1. The third kappa shape index (κ3) is 3.07. The van der Waals surface area contributed by atoms with Gasteiger partial charge in [0.25, 0.3) is 0 Å². The second-order valence-corrected chi connectivity index (χ2v) is 8.44. The lowest BCUT2D eigenvalue weighted by Gasteiger charge is -2.45. The minimum atomic E-state index is -0.345. The highest BCUT2D eigenvalue weighted by molar-refractivity contribution is 6.33. The maximum Gasteiger partial charge on any atom is 0.233 e. The van der Waals surface area contributed by atoms with Crippen molar-refractivity contribution in [1.82, 2.24) is 15.5 Å². The summed E-state index contributed by atoms with van der Waals surface area (Å²) in [6, 6.07) is 13.7. The molecule has 2 saturated heterocycles. The highest BCUT2D eigenvalue weighted by Gasteiger charge is 2.46. The normalized spacial score (nSPS) is 23.1. The topological polar surface area (TPSA) is 93.6 Å². The minimum absolute atomic E-state index is 0.0338. The molecular formula is C22H20ClN5O. The van der Waals surface area contributed by atoms with E-state index in [1.165, 1.54) is 0 Å². The van der Waals surface area contributed by atoms with E-state index in [0.29, 0.717) is 22.4 Å². The highest BCUT2D eigenvalue weighted by atomic mass is 35.5. The zero-order valence-electron chi connectivity index (χ0n) is 15.8. The Labute approximate surface area is 173 Å². The van der Waals surface area contributed by atoms with E-state index in [4.69, 9.17) is 11.6 Å². The number of hydrogen-bond acceptors (Lipinski definition) is 4. The number of nitriles is 1. The van der Waals surface area contributed by atoms with Crippen LogP contribution < -0.4 is 10.6 Å². The van der Waals surface area contributed by atoms with E-state index in [1.54, 1.807) is 18.2 Å². The Hall–Kier alpha value is -2.88. The summed E-state index contributed by atoms with van der Waals surface area (Å²) in [4.78, 5) is 13.1. The van der Waals surface area contributed by atoms with E-state index in [-0.39, 0.29) is 11.3 Å². The summed E-state index contributed by atoms with van der Waals surface area (Å²) < 4.78 is 0. The summed E-state index contributed by atoms with van der Waals surface area (Å²) in [5, 5.41) is 24.4. The summed E-state index contributed by atoms with van der Waals surface area (Å²) in [6.07, 6.45) is 3.93. The lowest BCUT2D eigenvalue weighted by Crippen LogP contribution is -2.56. The molecule has 2 aromatic carbocycles. The number of hydrogen-bond donors (Lipinski definition) is 3. The van der Waals surface area contributed by atoms with E-state index < -0.39 is 0 Å². The van der Waals surface area contributed by atoms with Crippen molar-refractivity contribution in [3.8, 4) is 17.2 Å². The molecule has 1 aliphatic carbocycles. The predicted molar refractivity (Wildman–Crippen MR) is 113 cm³/mol. The van der Waals surface area contributed by atoms with E-state index in [1.807, 2.05) is 18.2 Å². The molecule has 29 heavy (non-hydrogen) atoms. The monoisotopic (exact) mass is 405 g/mol. The van der Waals surface area contributed by atoms with Crippen LogP contribution in [0.3, 0.4) is 0 Å². The SMILES string of the molecule is N#Cc1ccc(Cl)c(-c2ccc3[nH]nc(NC(=O)C45CCC(CC4)NC5)c3c2)c1. The van der Waals surface area contributed by atoms with Gasteiger partial charge in [-0.2, -0.15) is 10.4 Å². The fraction of sp³-hybridized carbons (Fsp3) is 0.318. The largest absolute Gasteiger partial charge is 0.313 e. The molecule has 1 amide bonds. The molecule has 1 saturated carbocycles. The molecule has 3 aromatic rings. The van der Waals surface area contributed by atoms with Crippen LogP contribution >= 0.6 is 11.6 Å². The summed E-state index contributed by atoms with van der Waals surface area (Å²) in [6.45, 7) is 0.730. The lowest BCUT2D eigenvalue weighted by atomic mass is 9.68. The number of amides is 1. The number of piperidine rings is 2. The first kappa shape index (κ1) is 18.2. The molecule has 146 valence electrons. The van der Waals surface area contributed by atoms with Crippen LogP contribution in [0.15, 0.2) is 36.4 Å². The van der Waals surface area contributed by atoms with E-state index in [9.17, 15) is 10.1 Å². The van der Waals surface area contributed by atoms with Gasteiger partial charge in [-0.1, -0.05) is 17.7 Å². The number of fused-ring (bicyclic) bond motifs is 4. The molecule has 6 nitrogen and oxygen atoms in total. The van der Waals surface area contributed by atoms with Crippen molar-refractivity contribution in [3.63, 3.8) is 0 Å². The van der Waals surface area contributed by atoms with Gasteiger partial charge in [-0.25, -0.2) is 0 Å². The Bertz CT molecular complexity index is 1140. The average Bonchev–Trinajstić information content (AvgIpc) is 3.17. The Balaban J connectivity index is 1.49. The van der Waals surface area contributed by atoms with Crippen molar-refractivity contribution in [2.45, 2.75) is 31.7 Å². The number of H-pyrrole nitrogens is 1. The fourth-order valence-electron chi connectivity index (χ4n) is 4.53. The molecule has 2 aliphatic heterocycles. The Morgan fingerprint density at radius 1 is 1.24 bits per heavy atom. The second kappa shape index (κ2) is 6.87. The van der Waals surface area contributed by atoms with Gasteiger partial charge < -0.3 is 10.6 Å². The van der Waals surface area contributed by atoms with Crippen molar-refractivity contribution < 1.29 is 4.79 Å². The molecule has 7 heteroatoms. The first-order valence-electron chi connectivity index (χ1n) is 9.81. The quantitative estimate of drug-likeness (QED) is 0.608. The summed E-state index contributed by atoms with van der Waals surface area (Å²) in [7, 11) is 0. The maximum absolute atomic E-state index is 13.1. The summed E-state index contributed by atoms with van der Waals surface area (Å²) in [5.41, 5.74) is 2.68. The second-order valence-electron chi connectivity index (χ2n) is 8.03. The van der Waals surface area contributed by atoms with Gasteiger partial charge in [0, 0.05) is 28.6 Å². The molecule has 6 rings (SSSR count). The van der Waals surface area contributed by atoms with Gasteiger partial charge in [-0.3, -0.25) is 9.89 Å². The standard InChI is InChI=1S/C22H20ClN5O/c23-18-3-1-13(11-24)9-16(18)14-2-4-19-17(10-14)20(28-27-19)26-21(29)22-7-5-15(6-8-22)25-12-22/h1-4,9-10,15,25H,5-8,12H2,(H2,26,27,28,29). The molecule has 0 unspecified atom stereocenters. The Kier molecular flexibility index (Phi) is 4.30. The van der Waals surface area contributed by atoms with Crippen molar-refractivity contribution >= 4 is 34.2 Å². The molecular weight excluding hydrogens is 386 g/mol. The number of nitrogens with one attached hydrogen (secondary N) is 3. The molecule has 3 N–H and O–H groups in total. The lowest BCUT2D eigenvalue weighted by molar-refractivity contribution is -0.129.